The first-order valence-electron chi connectivity index (χ1n) is 8.23. The van der Waals surface area contributed by atoms with Crippen LogP contribution < -0.4 is 5.32 Å². The molecule has 2 atom stereocenters. The maximum atomic E-state index is 11.7. The molecule has 0 heterocycles. The molecule has 0 aromatic heterocycles. The number of nitrogens with one attached hydrogen (secondary N) is 1. The van der Waals surface area contributed by atoms with E-state index < -0.39 is 23.8 Å². The summed E-state index contributed by atoms with van der Waals surface area (Å²) in [4.78, 5) is 22.9. The van der Waals surface area contributed by atoms with Crippen LogP contribution in [0.5, 0.6) is 0 Å². The van der Waals surface area contributed by atoms with Crippen LogP contribution in [0.2, 0.25) is 0 Å². The van der Waals surface area contributed by atoms with Gasteiger partial charge in [0.25, 0.3) is 0 Å². The zero-order valence-corrected chi connectivity index (χ0v) is 15.5. The van der Waals surface area contributed by atoms with E-state index >= 15 is 0 Å². The van der Waals surface area contributed by atoms with Crippen molar-refractivity contribution in [1.29, 1.82) is 0 Å². The third-order valence-electron chi connectivity index (χ3n) is 3.32. The summed E-state index contributed by atoms with van der Waals surface area (Å²) in [6.07, 6.45) is -0.808. The molecule has 23 heavy (non-hydrogen) atoms. The number of hydrogen-bond donors (Lipinski definition) is 2. The molecule has 0 saturated heterocycles. The highest BCUT2D eigenvalue weighted by Crippen LogP contribution is 2.15. The van der Waals surface area contributed by atoms with Gasteiger partial charge in [-0.3, -0.25) is 0 Å². The molecule has 0 aromatic carbocycles. The van der Waals surface area contributed by atoms with Crippen molar-refractivity contribution in [3.63, 3.8) is 0 Å². The lowest BCUT2D eigenvalue weighted by atomic mass is 9.96. The lowest BCUT2D eigenvalue weighted by Gasteiger charge is -2.25. The Kier molecular flexibility index (Phi) is 9.20. The first-order valence-corrected chi connectivity index (χ1v) is 8.23. The first kappa shape index (κ1) is 21.7. The van der Waals surface area contributed by atoms with Crippen LogP contribution in [0.25, 0.3) is 0 Å². The van der Waals surface area contributed by atoms with Crippen LogP contribution in [0.3, 0.4) is 0 Å². The Morgan fingerprint density at radius 2 is 1.70 bits per heavy atom. The molecular formula is C17H33NO5. The van der Waals surface area contributed by atoms with Gasteiger partial charge in [0, 0.05) is 12.5 Å². The molecule has 136 valence electrons. The summed E-state index contributed by atoms with van der Waals surface area (Å²) >= 11 is 0. The van der Waals surface area contributed by atoms with Crippen molar-refractivity contribution in [3.8, 4) is 0 Å². The molecule has 0 aliphatic carbocycles. The monoisotopic (exact) mass is 331 g/mol. The zero-order chi connectivity index (χ0) is 18.2. The topological polar surface area (TPSA) is 84.9 Å². The number of aliphatic carboxylic acids is 1. The van der Waals surface area contributed by atoms with Crippen LogP contribution in [0, 0.1) is 17.8 Å². The van der Waals surface area contributed by atoms with E-state index in [0.717, 1.165) is 0 Å². The van der Waals surface area contributed by atoms with Gasteiger partial charge in [-0.25, -0.2) is 9.59 Å². The summed E-state index contributed by atoms with van der Waals surface area (Å²) in [5, 5.41) is 11.9. The molecular weight excluding hydrogens is 298 g/mol. The molecule has 1 amide bonds. The van der Waals surface area contributed by atoms with E-state index in [-0.39, 0.29) is 24.4 Å². The van der Waals surface area contributed by atoms with E-state index in [1.807, 2.05) is 27.7 Å². The largest absolute Gasteiger partial charge is 0.479 e. The summed E-state index contributed by atoms with van der Waals surface area (Å²) in [7, 11) is 0. The predicted octanol–water partition coefficient (Wildman–Crippen LogP) is 3.30. The van der Waals surface area contributed by atoms with Crippen LogP contribution in [-0.2, 0) is 14.3 Å². The Balaban J connectivity index is 4.46. The Morgan fingerprint density at radius 1 is 1.13 bits per heavy atom. The van der Waals surface area contributed by atoms with E-state index in [0.29, 0.717) is 13.0 Å². The van der Waals surface area contributed by atoms with E-state index in [4.69, 9.17) is 9.47 Å². The molecule has 6 nitrogen and oxygen atoms in total. The maximum absolute atomic E-state index is 11.7. The summed E-state index contributed by atoms with van der Waals surface area (Å²) < 4.78 is 10.8. The SMILES string of the molecule is CC(C)C[C@H](OC[C@@H](CNC(=O)OC(C)(C)C)C(C)C)C(=O)O. The van der Waals surface area contributed by atoms with Gasteiger partial charge in [-0.2, -0.15) is 0 Å². The van der Waals surface area contributed by atoms with Crippen LogP contribution >= 0.6 is 0 Å². The molecule has 0 aliphatic heterocycles. The van der Waals surface area contributed by atoms with E-state index in [1.54, 1.807) is 20.8 Å². The van der Waals surface area contributed by atoms with Gasteiger partial charge in [0.05, 0.1) is 6.61 Å². The number of carboxylic acids is 1. The second kappa shape index (κ2) is 9.75. The number of ether oxygens (including phenoxy) is 2. The molecule has 0 radical (unpaired) electrons. The third kappa shape index (κ3) is 11.0. The van der Waals surface area contributed by atoms with Crippen molar-refractivity contribution in [1.82, 2.24) is 5.32 Å². The van der Waals surface area contributed by atoms with E-state index in [2.05, 4.69) is 5.32 Å². The van der Waals surface area contributed by atoms with Crippen LogP contribution in [0.1, 0.15) is 54.9 Å². The Labute approximate surface area is 139 Å². The number of carboxylic acid groups (broad SMARTS) is 1. The predicted molar refractivity (Wildman–Crippen MR) is 89.4 cm³/mol. The second-order valence-corrected chi connectivity index (χ2v) is 7.68. The minimum Gasteiger partial charge on any atom is -0.479 e. The van der Waals surface area contributed by atoms with Gasteiger partial charge < -0.3 is 19.9 Å². The number of amides is 1. The number of carbonyl (C=O) groups is 2. The van der Waals surface area contributed by atoms with Crippen molar-refractivity contribution < 1.29 is 24.2 Å². The summed E-state index contributed by atoms with van der Waals surface area (Å²) in [6, 6.07) is 0. The molecule has 0 fully saturated rings. The fourth-order valence-corrected chi connectivity index (χ4v) is 1.92. The van der Waals surface area contributed by atoms with E-state index in [9.17, 15) is 14.7 Å². The quantitative estimate of drug-likeness (QED) is 0.677. The normalized spacial score (nSPS) is 14.7. The van der Waals surface area contributed by atoms with E-state index in [1.165, 1.54) is 0 Å². The van der Waals surface area contributed by atoms with Crippen molar-refractivity contribution in [2.24, 2.45) is 17.8 Å². The van der Waals surface area contributed by atoms with Crippen molar-refractivity contribution in [2.75, 3.05) is 13.2 Å². The molecule has 0 unspecified atom stereocenters. The fraction of sp³-hybridized carbons (Fsp3) is 0.882. The van der Waals surface area contributed by atoms with Gasteiger partial charge in [-0.1, -0.05) is 27.7 Å². The fourth-order valence-electron chi connectivity index (χ4n) is 1.92. The first-order chi connectivity index (χ1) is 10.4. The van der Waals surface area contributed by atoms with Gasteiger partial charge in [0.15, 0.2) is 6.10 Å². The standard InChI is InChI=1S/C17H33NO5/c1-11(2)8-14(15(19)20)22-10-13(12(3)4)9-18-16(21)23-17(5,6)7/h11-14H,8-10H2,1-7H3,(H,18,21)(H,19,20)/t13-,14+/m1/s1. The third-order valence-corrected chi connectivity index (χ3v) is 3.32. The molecule has 0 spiro atoms. The number of carbonyl (C=O) groups excluding carboxylic acids is 1. The average Bonchev–Trinajstić information content (AvgIpc) is 2.33. The van der Waals surface area contributed by atoms with Crippen LogP contribution in [-0.4, -0.2) is 42.0 Å². The molecule has 0 aromatic rings. The van der Waals surface area contributed by atoms with Gasteiger partial charge in [0.2, 0.25) is 0 Å². The molecule has 6 heteroatoms. The van der Waals surface area contributed by atoms with Crippen molar-refractivity contribution in [3.05, 3.63) is 0 Å². The van der Waals surface area contributed by atoms with Crippen molar-refractivity contribution in [2.45, 2.75) is 66.6 Å². The molecule has 0 rings (SSSR count). The number of hydrogen-bond acceptors (Lipinski definition) is 4. The molecule has 0 saturated carbocycles. The van der Waals surface area contributed by atoms with Gasteiger partial charge in [-0.05, 0) is 39.0 Å². The molecule has 0 bridgehead atoms. The smallest absolute Gasteiger partial charge is 0.407 e. The molecule has 0 aliphatic rings. The number of rotatable bonds is 9. The lowest BCUT2D eigenvalue weighted by molar-refractivity contribution is -0.152. The Morgan fingerprint density at radius 3 is 2.09 bits per heavy atom. The molecule has 2 N–H and O–H groups in total. The lowest BCUT2D eigenvalue weighted by Crippen LogP contribution is -2.38. The Bertz CT molecular complexity index is 374. The second-order valence-electron chi connectivity index (χ2n) is 7.68. The minimum atomic E-state index is -0.943. The average molecular weight is 331 g/mol. The number of alkyl carbamates (subject to hydrolysis) is 1. The summed E-state index contributed by atoms with van der Waals surface area (Å²) in [5.41, 5.74) is -0.542. The zero-order valence-electron chi connectivity index (χ0n) is 15.5. The highest BCUT2D eigenvalue weighted by Gasteiger charge is 2.24. The van der Waals surface area contributed by atoms with Gasteiger partial charge >= 0.3 is 12.1 Å². The van der Waals surface area contributed by atoms with Crippen molar-refractivity contribution >= 4 is 12.1 Å². The van der Waals surface area contributed by atoms with Crippen LogP contribution in [0.15, 0.2) is 0 Å². The van der Waals surface area contributed by atoms with Gasteiger partial charge in [-0.15, -0.1) is 0 Å². The highest BCUT2D eigenvalue weighted by atomic mass is 16.6. The summed E-state index contributed by atoms with van der Waals surface area (Å²) in [6.45, 7) is 14.0. The maximum Gasteiger partial charge on any atom is 0.407 e. The summed E-state index contributed by atoms with van der Waals surface area (Å²) in [5.74, 6) is -0.426. The van der Waals surface area contributed by atoms with Gasteiger partial charge in [0.1, 0.15) is 5.60 Å². The highest BCUT2D eigenvalue weighted by molar-refractivity contribution is 5.72. The Hall–Kier alpha value is -1.30. The van der Waals surface area contributed by atoms with Crippen LogP contribution in [0.4, 0.5) is 4.79 Å². The minimum absolute atomic E-state index is 0.0246.